The Balaban J connectivity index is 2.30. The number of methoxy groups -OCH3 is 1. The second-order valence-corrected chi connectivity index (χ2v) is 4.63. The zero-order valence-electron chi connectivity index (χ0n) is 11.1. The van der Waals surface area contributed by atoms with E-state index in [1.165, 1.54) is 0 Å². The van der Waals surface area contributed by atoms with Crippen LogP contribution in [0.4, 0.5) is 0 Å². The van der Waals surface area contributed by atoms with E-state index in [2.05, 4.69) is 9.97 Å². The smallest absolute Gasteiger partial charge is 0.237 e. The molecule has 5 nitrogen and oxygen atoms in total. The zero-order chi connectivity index (χ0) is 13.0. The van der Waals surface area contributed by atoms with E-state index < -0.39 is 0 Å². The predicted octanol–water partition coefficient (Wildman–Crippen LogP) is 1.83. The van der Waals surface area contributed by atoms with Gasteiger partial charge in [-0.05, 0) is 19.8 Å². The molecule has 0 aliphatic heterocycles. The van der Waals surface area contributed by atoms with Gasteiger partial charge in [-0.1, -0.05) is 12.8 Å². The number of rotatable bonds is 5. The summed E-state index contributed by atoms with van der Waals surface area (Å²) in [5, 5.41) is 0. The Kier molecular flexibility index (Phi) is 4.14. The zero-order valence-corrected chi connectivity index (χ0v) is 11.1. The predicted molar refractivity (Wildman–Crippen MR) is 68.3 cm³/mol. The summed E-state index contributed by atoms with van der Waals surface area (Å²) in [6.45, 7) is 2.66. The van der Waals surface area contributed by atoms with Gasteiger partial charge >= 0.3 is 0 Å². The van der Waals surface area contributed by atoms with E-state index in [0.717, 1.165) is 25.7 Å². The van der Waals surface area contributed by atoms with E-state index in [0.29, 0.717) is 18.2 Å². The molecule has 1 aromatic rings. The molecule has 1 aliphatic rings. The van der Waals surface area contributed by atoms with E-state index in [-0.39, 0.29) is 11.6 Å². The summed E-state index contributed by atoms with van der Waals surface area (Å²) in [5.74, 6) is 0.496. The van der Waals surface area contributed by atoms with Gasteiger partial charge in [-0.15, -0.1) is 0 Å². The summed E-state index contributed by atoms with van der Waals surface area (Å²) in [7, 11) is 1.59. The molecule has 1 unspecified atom stereocenters. The number of nitrogens with zero attached hydrogens (tertiary/aromatic N) is 2. The van der Waals surface area contributed by atoms with Gasteiger partial charge in [0.05, 0.1) is 18.8 Å². The highest BCUT2D eigenvalue weighted by Crippen LogP contribution is 2.42. The van der Waals surface area contributed by atoms with Crippen molar-refractivity contribution in [3.8, 4) is 5.88 Å². The minimum absolute atomic E-state index is 0.288. The molecule has 5 heteroatoms. The Hall–Kier alpha value is -1.20. The average molecular weight is 251 g/mol. The van der Waals surface area contributed by atoms with E-state index in [1.807, 2.05) is 6.92 Å². The molecule has 1 aromatic heterocycles. The van der Waals surface area contributed by atoms with Crippen LogP contribution in [0, 0.1) is 0 Å². The molecule has 1 aliphatic carbocycles. The van der Waals surface area contributed by atoms with Gasteiger partial charge in [0.25, 0.3) is 0 Å². The highest BCUT2D eigenvalue weighted by atomic mass is 16.5. The first kappa shape index (κ1) is 13.2. The topological polar surface area (TPSA) is 70.3 Å². The van der Waals surface area contributed by atoms with Gasteiger partial charge in [-0.25, -0.2) is 4.98 Å². The summed E-state index contributed by atoms with van der Waals surface area (Å²) in [6, 6.07) is -0.288. The summed E-state index contributed by atoms with van der Waals surface area (Å²) >= 11 is 0. The fraction of sp³-hybridized carbons (Fsp3) is 0.692. The molecule has 2 N–H and O–H groups in total. The number of hydrogen-bond acceptors (Lipinski definition) is 5. The first-order valence-electron chi connectivity index (χ1n) is 6.48. The average Bonchev–Trinajstić information content (AvgIpc) is 2.88. The molecular weight excluding hydrogens is 230 g/mol. The summed E-state index contributed by atoms with van der Waals surface area (Å²) < 4.78 is 11.2. The molecule has 1 saturated carbocycles. The lowest BCUT2D eigenvalue weighted by atomic mass is 9.90. The highest BCUT2D eigenvalue weighted by Gasteiger charge is 2.43. The van der Waals surface area contributed by atoms with Crippen molar-refractivity contribution in [2.45, 2.75) is 44.2 Å². The molecule has 18 heavy (non-hydrogen) atoms. The first-order chi connectivity index (χ1) is 8.73. The van der Waals surface area contributed by atoms with Gasteiger partial charge in [0.15, 0.2) is 0 Å². The van der Waals surface area contributed by atoms with Gasteiger partial charge in [0, 0.05) is 19.0 Å². The fourth-order valence-electron chi connectivity index (χ4n) is 2.76. The van der Waals surface area contributed by atoms with Gasteiger partial charge in [-0.2, -0.15) is 0 Å². The molecular formula is C13H21N3O2. The van der Waals surface area contributed by atoms with Crippen LogP contribution in [0.2, 0.25) is 0 Å². The maximum Gasteiger partial charge on any atom is 0.237 e. The third kappa shape index (κ3) is 2.33. The van der Waals surface area contributed by atoms with Crippen LogP contribution in [-0.4, -0.2) is 29.3 Å². The lowest BCUT2D eigenvalue weighted by molar-refractivity contribution is -0.0550. The Labute approximate surface area is 108 Å². The van der Waals surface area contributed by atoms with E-state index in [1.54, 1.807) is 19.5 Å². The number of nitrogens with two attached hydrogens (primary N) is 1. The summed E-state index contributed by atoms with van der Waals surface area (Å²) in [4.78, 5) is 8.49. The van der Waals surface area contributed by atoms with Crippen molar-refractivity contribution < 1.29 is 9.47 Å². The Morgan fingerprint density at radius 3 is 2.61 bits per heavy atom. The molecule has 0 radical (unpaired) electrons. The first-order valence-corrected chi connectivity index (χ1v) is 6.48. The van der Waals surface area contributed by atoms with Crippen LogP contribution in [0.1, 0.15) is 44.3 Å². The molecule has 1 fully saturated rings. The van der Waals surface area contributed by atoms with Crippen molar-refractivity contribution in [1.82, 2.24) is 9.97 Å². The van der Waals surface area contributed by atoms with E-state index >= 15 is 0 Å². The molecule has 1 heterocycles. The molecule has 0 saturated heterocycles. The van der Waals surface area contributed by atoms with E-state index in [4.69, 9.17) is 15.2 Å². The van der Waals surface area contributed by atoms with Gasteiger partial charge in [-0.3, -0.25) is 4.98 Å². The van der Waals surface area contributed by atoms with Crippen LogP contribution in [0.5, 0.6) is 5.88 Å². The molecule has 1 atom stereocenters. The lowest BCUT2D eigenvalue weighted by Gasteiger charge is -2.34. The van der Waals surface area contributed by atoms with Crippen molar-refractivity contribution in [1.29, 1.82) is 0 Å². The highest BCUT2D eigenvalue weighted by molar-refractivity contribution is 5.24. The van der Waals surface area contributed by atoms with Crippen LogP contribution in [-0.2, 0) is 4.74 Å². The van der Waals surface area contributed by atoms with Crippen molar-refractivity contribution in [2.24, 2.45) is 5.73 Å². The molecule has 0 spiro atoms. The van der Waals surface area contributed by atoms with Gasteiger partial charge < -0.3 is 15.2 Å². The third-order valence-corrected chi connectivity index (χ3v) is 3.63. The van der Waals surface area contributed by atoms with Crippen molar-refractivity contribution in [2.75, 3.05) is 13.7 Å². The lowest BCUT2D eigenvalue weighted by Crippen LogP contribution is -2.42. The third-order valence-electron chi connectivity index (χ3n) is 3.63. The Morgan fingerprint density at radius 1 is 1.33 bits per heavy atom. The molecule has 0 aromatic carbocycles. The number of aromatic nitrogens is 2. The quantitative estimate of drug-likeness (QED) is 0.864. The minimum atomic E-state index is -0.307. The normalized spacial score (nSPS) is 19.7. The summed E-state index contributed by atoms with van der Waals surface area (Å²) in [5.41, 5.74) is 6.77. The van der Waals surface area contributed by atoms with Crippen molar-refractivity contribution in [3.05, 3.63) is 18.1 Å². The second kappa shape index (κ2) is 5.63. The number of hydrogen-bond donors (Lipinski definition) is 1. The van der Waals surface area contributed by atoms with Crippen LogP contribution in [0.3, 0.4) is 0 Å². The standard InChI is InChI=1S/C13H21N3O2/c1-3-18-13(6-4-5-7-13)11(14)10-12(17-2)16-9-8-15-10/h8-9,11H,3-7,14H2,1-2H3. The number of ether oxygens (including phenoxy) is 2. The van der Waals surface area contributed by atoms with Crippen LogP contribution >= 0.6 is 0 Å². The molecule has 0 bridgehead atoms. The Morgan fingerprint density at radius 2 is 2.00 bits per heavy atom. The van der Waals surface area contributed by atoms with E-state index in [9.17, 15) is 0 Å². The maximum atomic E-state index is 6.39. The maximum absolute atomic E-state index is 6.39. The molecule has 2 rings (SSSR count). The molecule has 0 amide bonds. The SMILES string of the molecule is CCOC1(C(N)c2nccnc2OC)CCCC1. The Bertz CT molecular complexity index is 392. The summed E-state index contributed by atoms with van der Waals surface area (Å²) in [6.07, 6.45) is 7.50. The van der Waals surface area contributed by atoms with Gasteiger partial charge in [0.2, 0.25) is 5.88 Å². The minimum Gasteiger partial charge on any atom is -0.480 e. The van der Waals surface area contributed by atoms with Crippen LogP contribution in [0.25, 0.3) is 0 Å². The van der Waals surface area contributed by atoms with Crippen molar-refractivity contribution >= 4 is 0 Å². The second-order valence-electron chi connectivity index (χ2n) is 4.63. The largest absolute Gasteiger partial charge is 0.480 e. The van der Waals surface area contributed by atoms with Crippen LogP contribution in [0.15, 0.2) is 12.4 Å². The molecule has 100 valence electrons. The van der Waals surface area contributed by atoms with Crippen LogP contribution < -0.4 is 10.5 Å². The van der Waals surface area contributed by atoms with Gasteiger partial charge in [0.1, 0.15) is 5.69 Å². The van der Waals surface area contributed by atoms with Crippen molar-refractivity contribution in [3.63, 3.8) is 0 Å². The monoisotopic (exact) mass is 251 g/mol. The fourth-order valence-corrected chi connectivity index (χ4v) is 2.76.